The van der Waals surface area contributed by atoms with Gasteiger partial charge < -0.3 is 10.5 Å². The van der Waals surface area contributed by atoms with Crippen molar-refractivity contribution in [3.8, 4) is 0 Å². The lowest BCUT2D eigenvalue weighted by atomic mass is 10.1. The number of piperidine rings is 1. The van der Waals surface area contributed by atoms with Gasteiger partial charge in [0.05, 0.1) is 12.6 Å². The normalized spacial score (nSPS) is 15.3. The van der Waals surface area contributed by atoms with E-state index in [0.29, 0.717) is 6.42 Å². The van der Waals surface area contributed by atoms with Crippen LogP contribution in [0.3, 0.4) is 0 Å². The molecule has 0 spiro atoms. The highest BCUT2D eigenvalue weighted by Crippen LogP contribution is 2.15. The molecule has 0 bridgehead atoms. The van der Waals surface area contributed by atoms with E-state index in [9.17, 15) is 9.59 Å². The average molecular weight is 412 g/mol. The van der Waals surface area contributed by atoms with Crippen LogP contribution in [-0.4, -0.2) is 47.8 Å². The summed E-state index contributed by atoms with van der Waals surface area (Å²) < 4.78 is 5.38. The lowest BCUT2D eigenvalue weighted by Gasteiger charge is -2.31. The molecular weight excluding hydrogens is 382 g/mol. The van der Waals surface area contributed by atoms with Gasteiger partial charge in [0.1, 0.15) is 6.61 Å². The number of hydrogen-bond donors (Lipinski definition) is 1. The zero-order valence-electron chi connectivity index (χ0n) is 17.1. The Morgan fingerprint density at radius 3 is 2.13 bits per heavy atom. The highest BCUT2D eigenvalue weighted by molar-refractivity contribution is 5.90. The molecule has 7 heteroatoms. The van der Waals surface area contributed by atoms with Gasteiger partial charge in [0.25, 0.3) is 0 Å². The Labute approximate surface area is 177 Å². The first-order valence-electron chi connectivity index (χ1n) is 10.3. The lowest BCUT2D eigenvalue weighted by Crippen LogP contribution is -2.51. The summed E-state index contributed by atoms with van der Waals surface area (Å²) >= 11 is 0. The Balaban J connectivity index is 1.70. The average Bonchev–Trinajstić information content (AvgIpc) is 2.78. The predicted molar refractivity (Wildman–Crippen MR) is 113 cm³/mol. The van der Waals surface area contributed by atoms with Crippen molar-refractivity contribution in [1.29, 1.82) is 0 Å². The zero-order chi connectivity index (χ0) is 21.2. The number of primary amides is 1. The molecule has 30 heavy (non-hydrogen) atoms. The van der Waals surface area contributed by atoms with Crippen molar-refractivity contribution < 1.29 is 19.2 Å². The summed E-state index contributed by atoms with van der Waals surface area (Å²) in [4.78, 5) is 31.9. The van der Waals surface area contributed by atoms with Crippen molar-refractivity contribution in [1.82, 2.24) is 9.96 Å². The molecule has 1 aliphatic heterocycles. The maximum absolute atomic E-state index is 12.8. The first kappa shape index (κ1) is 21.8. The number of nitrogens with zero attached hydrogens (tertiary/aromatic N) is 2. The first-order chi connectivity index (χ1) is 14.6. The van der Waals surface area contributed by atoms with Crippen LogP contribution < -0.4 is 5.73 Å². The molecule has 0 radical (unpaired) electrons. The number of amides is 3. The van der Waals surface area contributed by atoms with Crippen LogP contribution in [0.2, 0.25) is 0 Å². The molecule has 2 N–H and O–H groups in total. The van der Waals surface area contributed by atoms with Crippen LogP contribution in [-0.2, 0) is 22.6 Å². The van der Waals surface area contributed by atoms with E-state index in [-0.39, 0.29) is 13.2 Å². The fourth-order valence-electron chi connectivity index (χ4n) is 3.50. The van der Waals surface area contributed by atoms with Gasteiger partial charge in [0.2, 0.25) is 0 Å². The number of nitrogens with two attached hydrogens (primary N) is 1. The minimum absolute atomic E-state index is 0.0640. The summed E-state index contributed by atoms with van der Waals surface area (Å²) in [7, 11) is 0. The van der Waals surface area contributed by atoms with Crippen molar-refractivity contribution >= 4 is 12.1 Å². The number of rotatable bonds is 8. The molecule has 1 saturated heterocycles. The van der Waals surface area contributed by atoms with E-state index in [0.717, 1.165) is 42.0 Å². The predicted octanol–water partition coefficient (Wildman–Crippen LogP) is 3.73. The fraction of sp³-hybridized carbons (Fsp3) is 0.391. The third-order valence-electron chi connectivity index (χ3n) is 5.08. The Morgan fingerprint density at radius 1 is 0.933 bits per heavy atom. The van der Waals surface area contributed by atoms with Gasteiger partial charge in [-0.1, -0.05) is 67.1 Å². The SMILES string of the molecule is NC(=O)N(C(=O)OCc1ccccc1)[C@@H](CON1CCCCC1)Cc1ccccc1. The molecule has 2 aromatic carbocycles. The summed E-state index contributed by atoms with van der Waals surface area (Å²) in [6.07, 6.45) is 2.99. The Hall–Kier alpha value is -2.90. The number of hydroxylamine groups is 2. The molecule has 1 aliphatic rings. The van der Waals surface area contributed by atoms with Gasteiger partial charge in [0, 0.05) is 13.1 Å². The minimum atomic E-state index is -0.851. The van der Waals surface area contributed by atoms with Crippen molar-refractivity contribution in [3.63, 3.8) is 0 Å². The van der Waals surface area contributed by atoms with E-state index < -0.39 is 18.2 Å². The van der Waals surface area contributed by atoms with Gasteiger partial charge >= 0.3 is 12.1 Å². The largest absolute Gasteiger partial charge is 0.444 e. The molecule has 0 unspecified atom stereocenters. The van der Waals surface area contributed by atoms with Gasteiger partial charge in [-0.15, -0.1) is 0 Å². The zero-order valence-corrected chi connectivity index (χ0v) is 17.1. The van der Waals surface area contributed by atoms with Crippen LogP contribution in [0.4, 0.5) is 9.59 Å². The van der Waals surface area contributed by atoms with E-state index in [2.05, 4.69) is 0 Å². The van der Waals surface area contributed by atoms with E-state index in [1.807, 2.05) is 65.7 Å². The first-order valence-corrected chi connectivity index (χ1v) is 10.3. The van der Waals surface area contributed by atoms with Crippen LogP contribution in [0.25, 0.3) is 0 Å². The topological polar surface area (TPSA) is 85.1 Å². The molecule has 3 rings (SSSR count). The van der Waals surface area contributed by atoms with Crippen LogP contribution in [0.1, 0.15) is 30.4 Å². The Morgan fingerprint density at radius 2 is 1.53 bits per heavy atom. The second-order valence-corrected chi connectivity index (χ2v) is 7.38. The third-order valence-corrected chi connectivity index (χ3v) is 5.08. The van der Waals surface area contributed by atoms with Crippen molar-refractivity contribution in [2.75, 3.05) is 19.7 Å². The molecule has 160 valence electrons. The quantitative estimate of drug-likeness (QED) is 0.715. The Bertz CT molecular complexity index is 795. The number of imide groups is 1. The molecule has 1 fully saturated rings. The number of ether oxygens (including phenoxy) is 1. The molecule has 0 aromatic heterocycles. The summed E-state index contributed by atoms with van der Waals surface area (Å²) in [5.74, 6) is 0. The lowest BCUT2D eigenvalue weighted by molar-refractivity contribution is -0.177. The maximum atomic E-state index is 12.8. The smallest absolute Gasteiger partial charge is 0.418 e. The van der Waals surface area contributed by atoms with Crippen LogP contribution in [0.15, 0.2) is 60.7 Å². The van der Waals surface area contributed by atoms with Gasteiger partial charge in [-0.2, -0.15) is 5.06 Å². The molecule has 0 aliphatic carbocycles. The number of hydrogen-bond acceptors (Lipinski definition) is 5. The van der Waals surface area contributed by atoms with Gasteiger partial charge in [-0.25, -0.2) is 14.5 Å². The highest BCUT2D eigenvalue weighted by Gasteiger charge is 2.31. The molecule has 1 heterocycles. The van der Waals surface area contributed by atoms with E-state index in [1.165, 1.54) is 6.42 Å². The second-order valence-electron chi connectivity index (χ2n) is 7.38. The van der Waals surface area contributed by atoms with Gasteiger partial charge in [-0.3, -0.25) is 4.84 Å². The van der Waals surface area contributed by atoms with Crippen molar-refractivity contribution in [2.45, 2.75) is 38.3 Å². The van der Waals surface area contributed by atoms with Crippen LogP contribution in [0.5, 0.6) is 0 Å². The van der Waals surface area contributed by atoms with Crippen LogP contribution in [0, 0.1) is 0 Å². The summed E-state index contributed by atoms with van der Waals surface area (Å²) in [6, 6.07) is 17.5. The number of carbonyl (C=O) groups excluding carboxylic acids is 2. The molecular formula is C23H29N3O4. The Kier molecular flexibility index (Phi) is 8.23. The molecule has 0 saturated carbocycles. The number of carbonyl (C=O) groups is 2. The molecule has 7 nitrogen and oxygen atoms in total. The summed E-state index contributed by atoms with van der Waals surface area (Å²) in [5.41, 5.74) is 7.40. The molecule has 3 amide bonds. The van der Waals surface area contributed by atoms with Gasteiger partial charge in [0.15, 0.2) is 0 Å². The molecule has 2 aromatic rings. The minimum Gasteiger partial charge on any atom is -0.444 e. The molecule has 1 atom stereocenters. The standard InChI is InChI=1S/C23H29N3O4/c24-22(27)26(23(28)29-17-20-12-6-2-7-13-20)21(16-19-10-4-1-5-11-19)18-30-25-14-8-3-9-15-25/h1-2,4-7,10-13,21H,3,8-9,14-18H2,(H2,24,27)/t21-/m1/s1. The summed E-state index contributed by atoms with van der Waals surface area (Å²) in [6.45, 7) is 1.91. The van der Waals surface area contributed by atoms with E-state index in [1.54, 1.807) is 0 Å². The second kappa shape index (κ2) is 11.3. The van der Waals surface area contributed by atoms with Crippen molar-refractivity contribution in [2.24, 2.45) is 5.73 Å². The maximum Gasteiger partial charge on any atom is 0.418 e. The number of urea groups is 1. The summed E-state index contributed by atoms with van der Waals surface area (Å²) in [5, 5.41) is 1.90. The monoisotopic (exact) mass is 411 g/mol. The van der Waals surface area contributed by atoms with Crippen LogP contribution >= 0.6 is 0 Å². The third kappa shape index (κ3) is 6.57. The van der Waals surface area contributed by atoms with Gasteiger partial charge in [-0.05, 0) is 30.4 Å². The number of benzene rings is 2. The van der Waals surface area contributed by atoms with Crippen molar-refractivity contribution in [3.05, 3.63) is 71.8 Å². The van der Waals surface area contributed by atoms with E-state index >= 15 is 0 Å². The van der Waals surface area contributed by atoms with E-state index in [4.69, 9.17) is 15.3 Å². The highest BCUT2D eigenvalue weighted by atomic mass is 16.7. The fourth-order valence-corrected chi connectivity index (χ4v) is 3.50.